The lowest BCUT2D eigenvalue weighted by molar-refractivity contribution is -0.118. The number of aliphatic hydroxyl groups excluding tert-OH is 1. The number of benzene rings is 2. The zero-order chi connectivity index (χ0) is 19.9. The molecule has 4 rings (SSSR count). The Morgan fingerprint density at radius 1 is 1.07 bits per heavy atom. The number of fused-ring (bicyclic) bond motifs is 3. The van der Waals surface area contributed by atoms with Crippen molar-refractivity contribution >= 4 is 28.1 Å². The van der Waals surface area contributed by atoms with Crippen LogP contribution in [-0.4, -0.2) is 27.0 Å². The van der Waals surface area contributed by atoms with E-state index < -0.39 is 12.5 Å². The van der Waals surface area contributed by atoms with Gasteiger partial charge in [0.05, 0.1) is 22.2 Å². The second-order valence-electron chi connectivity index (χ2n) is 7.96. The molecule has 2 aromatic carbocycles. The van der Waals surface area contributed by atoms with Crippen LogP contribution in [0.4, 0.5) is 5.69 Å². The highest BCUT2D eigenvalue weighted by Crippen LogP contribution is 2.30. The van der Waals surface area contributed by atoms with Crippen molar-refractivity contribution in [3.63, 3.8) is 0 Å². The Labute approximate surface area is 163 Å². The number of anilines is 1. The van der Waals surface area contributed by atoms with E-state index in [4.69, 9.17) is 10.1 Å². The molecule has 0 fully saturated rings. The van der Waals surface area contributed by atoms with Gasteiger partial charge >= 0.3 is 0 Å². The van der Waals surface area contributed by atoms with Crippen LogP contribution in [0.15, 0.2) is 60.8 Å². The van der Waals surface area contributed by atoms with Crippen LogP contribution < -0.4 is 5.32 Å². The van der Waals surface area contributed by atoms with Crippen molar-refractivity contribution in [3.8, 4) is 11.3 Å². The number of nitrogens with one attached hydrogen (secondary N) is 1. The Hall–Kier alpha value is -3.18. The van der Waals surface area contributed by atoms with Crippen LogP contribution in [0.2, 0.25) is 0 Å². The van der Waals surface area contributed by atoms with E-state index in [2.05, 4.69) is 60.8 Å². The molecule has 4 aromatic rings. The summed E-state index contributed by atoms with van der Waals surface area (Å²) >= 11 is 0. The van der Waals surface area contributed by atoms with Gasteiger partial charge in [0.2, 0.25) is 5.91 Å². The maximum absolute atomic E-state index is 11.5. The number of aliphatic hydroxyl groups is 1. The largest absolute Gasteiger partial charge is 0.387 e. The fourth-order valence-corrected chi connectivity index (χ4v) is 3.40. The summed E-state index contributed by atoms with van der Waals surface area (Å²) in [5.74, 6) is -0.445. The van der Waals surface area contributed by atoms with Crippen molar-refractivity contribution in [3.05, 3.63) is 66.4 Å². The number of carbonyl (C=O) groups is 1. The summed E-state index contributed by atoms with van der Waals surface area (Å²) in [5, 5.41) is 11.6. The molecule has 5 nitrogen and oxygen atoms in total. The third-order valence-electron chi connectivity index (χ3n) is 4.91. The predicted molar refractivity (Wildman–Crippen MR) is 113 cm³/mol. The zero-order valence-electron chi connectivity index (χ0n) is 16.2. The number of hydrogen-bond donors (Lipinski definition) is 2. The van der Waals surface area contributed by atoms with Crippen LogP contribution in [0.1, 0.15) is 26.3 Å². The van der Waals surface area contributed by atoms with Gasteiger partial charge in [0.15, 0.2) is 0 Å². The predicted octanol–water partition coefficient (Wildman–Crippen LogP) is 4.38. The molecule has 0 aliphatic rings. The van der Waals surface area contributed by atoms with Crippen LogP contribution in [0.5, 0.6) is 0 Å². The molecular formula is C23H23N3O2. The number of hydrogen-bond acceptors (Lipinski definition) is 3. The maximum atomic E-state index is 11.5. The second-order valence-corrected chi connectivity index (χ2v) is 7.96. The summed E-state index contributed by atoms with van der Waals surface area (Å²) in [6.45, 7) is 6.05. The standard InChI is InChI=1S/C23H23N3O2/c1-23(2,3)16-8-6-15(7-9-16)22-20-5-4-12-26(20)19-11-10-17(13-18(19)25-22)24-21(28)14-27/h4-13,27H,14H2,1-3H3,(H,24,28). The molecule has 142 valence electrons. The number of aromatic nitrogens is 2. The lowest BCUT2D eigenvalue weighted by Gasteiger charge is -2.19. The van der Waals surface area contributed by atoms with Gasteiger partial charge in [-0.05, 0) is 41.3 Å². The molecule has 0 aliphatic carbocycles. The van der Waals surface area contributed by atoms with E-state index in [0.29, 0.717) is 5.69 Å². The van der Waals surface area contributed by atoms with E-state index >= 15 is 0 Å². The van der Waals surface area contributed by atoms with Crippen molar-refractivity contribution in [2.75, 3.05) is 11.9 Å². The molecular weight excluding hydrogens is 350 g/mol. The Morgan fingerprint density at radius 3 is 2.50 bits per heavy atom. The minimum atomic E-state index is -0.548. The SMILES string of the molecule is CC(C)(C)c1ccc(-c2nc3cc(NC(=O)CO)ccc3n3cccc23)cc1. The number of rotatable bonds is 3. The van der Waals surface area contributed by atoms with Gasteiger partial charge < -0.3 is 14.8 Å². The molecule has 5 heteroatoms. The second kappa shape index (κ2) is 6.77. The maximum Gasteiger partial charge on any atom is 0.250 e. The first kappa shape index (κ1) is 18.2. The Morgan fingerprint density at radius 2 is 1.82 bits per heavy atom. The van der Waals surface area contributed by atoms with Crippen molar-refractivity contribution in [2.24, 2.45) is 0 Å². The minimum absolute atomic E-state index is 0.0968. The molecule has 0 spiro atoms. The molecule has 0 atom stereocenters. The van der Waals surface area contributed by atoms with E-state index in [9.17, 15) is 4.79 Å². The zero-order valence-corrected chi connectivity index (χ0v) is 16.2. The highest BCUT2D eigenvalue weighted by molar-refractivity contribution is 5.95. The van der Waals surface area contributed by atoms with Crippen molar-refractivity contribution < 1.29 is 9.90 Å². The molecule has 1 amide bonds. The smallest absolute Gasteiger partial charge is 0.250 e. The van der Waals surface area contributed by atoms with E-state index in [-0.39, 0.29) is 5.41 Å². The van der Waals surface area contributed by atoms with Gasteiger partial charge in [-0.2, -0.15) is 0 Å². The molecule has 2 heterocycles. The topological polar surface area (TPSA) is 66.6 Å². The van der Waals surface area contributed by atoms with E-state index in [1.165, 1.54) is 5.56 Å². The van der Waals surface area contributed by atoms with Gasteiger partial charge in [0.1, 0.15) is 6.61 Å². The van der Waals surface area contributed by atoms with E-state index in [0.717, 1.165) is 27.8 Å². The summed E-state index contributed by atoms with van der Waals surface area (Å²) in [6.07, 6.45) is 2.01. The number of carbonyl (C=O) groups excluding carboxylic acids is 1. The quantitative estimate of drug-likeness (QED) is 0.560. The molecule has 2 aromatic heterocycles. The first-order valence-electron chi connectivity index (χ1n) is 9.29. The monoisotopic (exact) mass is 373 g/mol. The molecule has 0 radical (unpaired) electrons. The normalized spacial score (nSPS) is 11.9. The average Bonchev–Trinajstić information content (AvgIpc) is 3.16. The lowest BCUT2D eigenvalue weighted by atomic mass is 9.86. The molecule has 0 bridgehead atoms. The van der Waals surface area contributed by atoms with Gasteiger partial charge in [-0.15, -0.1) is 0 Å². The fourth-order valence-electron chi connectivity index (χ4n) is 3.40. The highest BCUT2D eigenvalue weighted by atomic mass is 16.3. The molecule has 28 heavy (non-hydrogen) atoms. The highest BCUT2D eigenvalue weighted by Gasteiger charge is 2.15. The fraction of sp³-hybridized carbons (Fsp3) is 0.217. The molecule has 0 saturated heterocycles. The van der Waals surface area contributed by atoms with Gasteiger partial charge in [-0.25, -0.2) is 4.98 Å². The third kappa shape index (κ3) is 3.25. The molecule has 0 unspecified atom stereocenters. The van der Waals surface area contributed by atoms with Crippen LogP contribution in [0.25, 0.3) is 27.8 Å². The summed E-state index contributed by atoms with van der Waals surface area (Å²) in [5.41, 5.74) is 6.68. The van der Waals surface area contributed by atoms with E-state index in [1.807, 2.05) is 30.5 Å². The van der Waals surface area contributed by atoms with Crippen LogP contribution in [0.3, 0.4) is 0 Å². The lowest BCUT2D eigenvalue weighted by Crippen LogP contribution is -2.15. The summed E-state index contributed by atoms with van der Waals surface area (Å²) < 4.78 is 2.10. The average molecular weight is 373 g/mol. The summed E-state index contributed by atoms with van der Waals surface area (Å²) in [7, 11) is 0. The van der Waals surface area contributed by atoms with Crippen LogP contribution in [-0.2, 0) is 10.2 Å². The number of amides is 1. The summed E-state index contributed by atoms with van der Waals surface area (Å²) in [6, 6.07) is 18.2. The van der Waals surface area contributed by atoms with Gasteiger partial charge in [-0.3, -0.25) is 4.79 Å². The van der Waals surface area contributed by atoms with Crippen molar-refractivity contribution in [2.45, 2.75) is 26.2 Å². The summed E-state index contributed by atoms with van der Waals surface area (Å²) in [4.78, 5) is 16.4. The first-order chi connectivity index (χ1) is 13.4. The van der Waals surface area contributed by atoms with Crippen LogP contribution in [0, 0.1) is 0 Å². The Bertz CT molecular complexity index is 1170. The number of nitrogens with zero attached hydrogens (tertiary/aromatic N) is 2. The first-order valence-corrected chi connectivity index (χ1v) is 9.29. The Balaban J connectivity index is 1.87. The van der Waals surface area contributed by atoms with E-state index in [1.54, 1.807) is 0 Å². The van der Waals surface area contributed by atoms with Gasteiger partial charge in [0.25, 0.3) is 0 Å². The van der Waals surface area contributed by atoms with Crippen LogP contribution >= 0.6 is 0 Å². The molecule has 0 saturated carbocycles. The third-order valence-corrected chi connectivity index (χ3v) is 4.91. The minimum Gasteiger partial charge on any atom is -0.387 e. The van der Waals surface area contributed by atoms with Gasteiger partial charge in [-0.1, -0.05) is 45.0 Å². The Kier molecular flexibility index (Phi) is 4.40. The van der Waals surface area contributed by atoms with Crippen molar-refractivity contribution in [1.82, 2.24) is 9.38 Å². The van der Waals surface area contributed by atoms with Crippen molar-refractivity contribution in [1.29, 1.82) is 0 Å². The molecule has 2 N–H and O–H groups in total. The van der Waals surface area contributed by atoms with Gasteiger partial charge in [0, 0.05) is 17.4 Å². The molecule has 0 aliphatic heterocycles.